The third-order valence-corrected chi connectivity index (χ3v) is 3.35. The number of nitrogens with zero attached hydrogens (tertiary/aromatic N) is 1. The molecule has 1 atom stereocenters. The number of nitrogens with one attached hydrogen (secondary N) is 1. The number of carboxylic acids is 1. The molecular formula is C13H17FN2O3S. The number of amides is 2. The van der Waals surface area contributed by atoms with Crippen LogP contribution in [-0.4, -0.2) is 42.2 Å². The standard InChI is InChI=1S/C13H17FN2O3S/c1-16(10-5-3-4-9(14)8-10)13(19)15-11(12(17)18)6-7-20-2/h3-5,8,11H,6-7H2,1-2H3,(H,15,19)(H,17,18)/t11-/m0/s1. The van der Waals surface area contributed by atoms with Crippen LogP contribution in [0.15, 0.2) is 24.3 Å². The summed E-state index contributed by atoms with van der Waals surface area (Å²) in [4.78, 5) is 24.2. The molecule has 0 bridgehead atoms. The van der Waals surface area contributed by atoms with Crippen LogP contribution in [0.5, 0.6) is 0 Å². The maximum Gasteiger partial charge on any atom is 0.326 e. The van der Waals surface area contributed by atoms with Gasteiger partial charge in [-0.15, -0.1) is 0 Å². The van der Waals surface area contributed by atoms with E-state index in [1.54, 1.807) is 6.07 Å². The van der Waals surface area contributed by atoms with E-state index in [1.807, 2.05) is 6.26 Å². The largest absolute Gasteiger partial charge is 0.480 e. The second-order valence-electron chi connectivity index (χ2n) is 4.16. The molecule has 0 saturated heterocycles. The van der Waals surface area contributed by atoms with Crippen molar-refractivity contribution in [2.45, 2.75) is 12.5 Å². The molecule has 0 saturated carbocycles. The molecule has 0 heterocycles. The molecule has 110 valence electrons. The van der Waals surface area contributed by atoms with Crippen molar-refractivity contribution in [2.75, 3.05) is 24.0 Å². The van der Waals surface area contributed by atoms with E-state index in [4.69, 9.17) is 5.11 Å². The van der Waals surface area contributed by atoms with Crippen LogP contribution < -0.4 is 10.2 Å². The van der Waals surface area contributed by atoms with E-state index in [0.29, 0.717) is 17.9 Å². The Bertz CT molecular complexity index is 484. The molecule has 1 aromatic carbocycles. The van der Waals surface area contributed by atoms with Crippen LogP contribution in [0.4, 0.5) is 14.9 Å². The summed E-state index contributed by atoms with van der Waals surface area (Å²) in [5, 5.41) is 11.5. The van der Waals surface area contributed by atoms with Gasteiger partial charge in [-0.25, -0.2) is 14.0 Å². The van der Waals surface area contributed by atoms with Gasteiger partial charge in [0.2, 0.25) is 0 Å². The highest BCUT2D eigenvalue weighted by atomic mass is 32.2. The van der Waals surface area contributed by atoms with Gasteiger partial charge < -0.3 is 10.4 Å². The number of anilines is 1. The predicted octanol–water partition coefficient (Wildman–Crippen LogP) is 2.18. The molecule has 2 amide bonds. The van der Waals surface area contributed by atoms with Crippen LogP contribution in [0.3, 0.4) is 0 Å². The van der Waals surface area contributed by atoms with Crippen molar-refractivity contribution in [1.82, 2.24) is 5.32 Å². The summed E-state index contributed by atoms with van der Waals surface area (Å²) < 4.78 is 13.1. The van der Waals surface area contributed by atoms with Crippen molar-refractivity contribution in [2.24, 2.45) is 0 Å². The number of benzene rings is 1. The van der Waals surface area contributed by atoms with Crippen LogP contribution in [0.25, 0.3) is 0 Å². The molecule has 0 radical (unpaired) electrons. The van der Waals surface area contributed by atoms with Crippen molar-refractivity contribution in [1.29, 1.82) is 0 Å². The van der Waals surface area contributed by atoms with E-state index < -0.39 is 23.9 Å². The summed E-state index contributed by atoms with van der Waals surface area (Å²) in [5.41, 5.74) is 0.358. The molecule has 0 unspecified atom stereocenters. The molecule has 0 aliphatic rings. The normalized spacial score (nSPS) is 11.8. The fourth-order valence-corrected chi connectivity index (χ4v) is 2.01. The van der Waals surface area contributed by atoms with Gasteiger partial charge in [-0.05, 0) is 36.6 Å². The van der Waals surface area contributed by atoms with Gasteiger partial charge in [0.05, 0.1) is 0 Å². The number of carbonyl (C=O) groups is 2. The molecule has 0 spiro atoms. The average molecular weight is 300 g/mol. The van der Waals surface area contributed by atoms with E-state index in [1.165, 1.54) is 41.9 Å². The lowest BCUT2D eigenvalue weighted by molar-refractivity contribution is -0.139. The van der Waals surface area contributed by atoms with E-state index in [0.717, 1.165) is 0 Å². The molecule has 0 aliphatic carbocycles. The first-order valence-corrected chi connectivity index (χ1v) is 7.36. The minimum absolute atomic E-state index is 0.333. The molecule has 0 aromatic heterocycles. The van der Waals surface area contributed by atoms with Gasteiger partial charge in [0.15, 0.2) is 0 Å². The van der Waals surface area contributed by atoms with Gasteiger partial charge in [-0.2, -0.15) is 11.8 Å². The highest BCUT2D eigenvalue weighted by molar-refractivity contribution is 7.98. The number of halogens is 1. The second-order valence-corrected chi connectivity index (χ2v) is 5.15. The van der Waals surface area contributed by atoms with Crippen LogP contribution in [0, 0.1) is 5.82 Å². The molecule has 20 heavy (non-hydrogen) atoms. The summed E-state index contributed by atoms with van der Waals surface area (Å²) in [6.45, 7) is 0. The van der Waals surface area contributed by atoms with Crippen LogP contribution in [0.1, 0.15) is 6.42 Å². The van der Waals surface area contributed by atoms with Gasteiger partial charge in [-0.3, -0.25) is 4.90 Å². The van der Waals surface area contributed by atoms with Gasteiger partial charge >= 0.3 is 12.0 Å². The quantitative estimate of drug-likeness (QED) is 0.845. The zero-order valence-corrected chi connectivity index (χ0v) is 12.1. The van der Waals surface area contributed by atoms with E-state index >= 15 is 0 Å². The van der Waals surface area contributed by atoms with Crippen LogP contribution in [0.2, 0.25) is 0 Å². The third-order valence-electron chi connectivity index (χ3n) is 2.71. The van der Waals surface area contributed by atoms with Gasteiger partial charge in [0, 0.05) is 12.7 Å². The van der Waals surface area contributed by atoms with E-state index in [9.17, 15) is 14.0 Å². The topological polar surface area (TPSA) is 69.6 Å². The zero-order valence-electron chi connectivity index (χ0n) is 11.3. The number of thioether (sulfide) groups is 1. The monoisotopic (exact) mass is 300 g/mol. The Kier molecular flexibility index (Phi) is 6.30. The number of carboxylic acid groups (broad SMARTS) is 1. The molecule has 5 nitrogen and oxygen atoms in total. The Hall–Kier alpha value is -1.76. The SMILES string of the molecule is CSCC[C@H](NC(=O)N(C)c1cccc(F)c1)C(=O)O. The molecule has 0 aliphatic heterocycles. The summed E-state index contributed by atoms with van der Waals surface area (Å²) in [7, 11) is 1.46. The first-order chi connectivity index (χ1) is 9.45. The molecule has 7 heteroatoms. The molecular weight excluding hydrogens is 283 g/mol. The highest BCUT2D eigenvalue weighted by Gasteiger charge is 2.21. The Balaban J connectivity index is 2.70. The van der Waals surface area contributed by atoms with E-state index in [2.05, 4.69) is 5.32 Å². The number of urea groups is 1. The third kappa shape index (κ3) is 4.73. The van der Waals surface area contributed by atoms with Crippen molar-refractivity contribution < 1.29 is 19.1 Å². The Morgan fingerprint density at radius 1 is 1.50 bits per heavy atom. The summed E-state index contributed by atoms with van der Waals surface area (Å²) in [6, 6.07) is 4.00. The van der Waals surface area contributed by atoms with Crippen molar-refractivity contribution in [3.63, 3.8) is 0 Å². The van der Waals surface area contributed by atoms with Gasteiger partial charge in [0.25, 0.3) is 0 Å². The lowest BCUT2D eigenvalue weighted by atomic mass is 10.2. The summed E-state index contributed by atoms with van der Waals surface area (Å²) in [6.07, 6.45) is 2.19. The molecule has 1 rings (SSSR count). The fraction of sp³-hybridized carbons (Fsp3) is 0.385. The molecule has 2 N–H and O–H groups in total. The highest BCUT2D eigenvalue weighted by Crippen LogP contribution is 2.14. The maximum atomic E-state index is 13.1. The van der Waals surface area contributed by atoms with Crippen LogP contribution in [-0.2, 0) is 4.79 Å². The lowest BCUT2D eigenvalue weighted by Crippen LogP contribution is -2.47. The average Bonchev–Trinajstić information content (AvgIpc) is 2.42. The Labute approximate surface area is 121 Å². The number of hydrogen-bond acceptors (Lipinski definition) is 3. The van der Waals surface area contributed by atoms with Gasteiger partial charge in [0.1, 0.15) is 11.9 Å². The fourth-order valence-electron chi connectivity index (χ4n) is 1.54. The lowest BCUT2D eigenvalue weighted by Gasteiger charge is -2.21. The maximum absolute atomic E-state index is 13.1. The number of rotatable bonds is 6. The van der Waals surface area contributed by atoms with Gasteiger partial charge in [-0.1, -0.05) is 6.07 Å². The summed E-state index contributed by atoms with van der Waals surface area (Å²) in [5.74, 6) is -0.916. The molecule has 0 fully saturated rings. The van der Waals surface area contributed by atoms with Crippen molar-refractivity contribution >= 4 is 29.4 Å². The Morgan fingerprint density at radius 2 is 2.20 bits per heavy atom. The zero-order chi connectivity index (χ0) is 15.1. The first kappa shape index (κ1) is 16.3. The van der Waals surface area contributed by atoms with Crippen molar-refractivity contribution in [3.8, 4) is 0 Å². The number of hydrogen-bond donors (Lipinski definition) is 2. The predicted molar refractivity (Wildman–Crippen MR) is 77.8 cm³/mol. The number of carbonyl (C=O) groups excluding carboxylic acids is 1. The van der Waals surface area contributed by atoms with E-state index in [-0.39, 0.29) is 0 Å². The second kappa shape index (κ2) is 7.74. The minimum atomic E-state index is -1.08. The first-order valence-electron chi connectivity index (χ1n) is 5.97. The van der Waals surface area contributed by atoms with Crippen LogP contribution >= 0.6 is 11.8 Å². The summed E-state index contributed by atoms with van der Waals surface area (Å²) >= 11 is 1.50. The smallest absolute Gasteiger partial charge is 0.326 e. The Morgan fingerprint density at radius 3 is 2.75 bits per heavy atom. The number of aliphatic carboxylic acids is 1. The minimum Gasteiger partial charge on any atom is -0.480 e. The van der Waals surface area contributed by atoms with Crippen molar-refractivity contribution in [3.05, 3.63) is 30.1 Å². The molecule has 1 aromatic rings.